The molecule has 1 aromatic heterocycles. The van der Waals surface area contributed by atoms with Crippen molar-refractivity contribution >= 4 is 11.9 Å². The van der Waals surface area contributed by atoms with Crippen molar-refractivity contribution in [1.82, 2.24) is 14.9 Å². The molecule has 30 heavy (non-hydrogen) atoms. The molecule has 0 radical (unpaired) electrons. The molecule has 3 aromatic rings. The van der Waals surface area contributed by atoms with Gasteiger partial charge in [-0.3, -0.25) is 4.79 Å². The van der Waals surface area contributed by atoms with E-state index in [-0.39, 0.29) is 17.8 Å². The lowest BCUT2D eigenvalue weighted by molar-refractivity contribution is 0.0607. The maximum Gasteiger partial charge on any atom is 0.254 e. The molecule has 0 bridgehead atoms. The van der Waals surface area contributed by atoms with Gasteiger partial charge in [0.1, 0.15) is 5.82 Å². The summed E-state index contributed by atoms with van der Waals surface area (Å²) in [6.45, 7) is 0.669. The largest absolute Gasteiger partial charge is 0.347 e. The number of rotatable bonds is 4. The number of aromatic nitrogens is 2. The number of hydrogen-bond acceptors (Lipinski definition) is 4. The number of likely N-dealkylation sites (tertiary alicyclic amines) is 1. The van der Waals surface area contributed by atoms with E-state index in [0.717, 1.165) is 30.5 Å². The second-order valence-corrected chi connectivity index (χ2v) is 7.75. The Hall–Kier alpha value is -3.28. The van der Waals surface area contributed by atoms with Crippen molar-refractivity contribution < 1.29 is 9.18 Å². The molecule has 154 valence electrons. The van der Waals surface area contributed by atoms with Gasteiger partial charge in [-0.2, -0.15) is 0 Å². The molecule has 1 atom stereocenters. The van der Waals surface area contributed by atoms with Gasteiger partial charge in [0.25, 0.3) is 5.91 Å². The summed E-state index contributed by atoms with van der Waals surface area (Å²) in [5, 5.41) is 0. The summed E-state index contributed by atoms with van der Waals surface area (Å²) in [4.78, 5) is 26.3. The molecule has 1 aliphatic rings. The Morgan fingerprint density at radius 3 is 2.63 bits per heavy atom. The number of benzene rings is 2. The standard InChI is InChI=1S/C24H25FN4O/c1-28(2)24-26-16-20(18-11-8-12-19(25)15-18)22(27-24)21-13-6-7-14-29(21)23(30)17-9-4-3-5-10-17/h3-5,8-12,15-16,21H,6-7,13-14H2,1-2H3/t21-/m1/s1. The van der Waals surface area contributed by atoms with Crippen molar-refractivity contribution in [3.8, 4) is 11.1 Å². The Balaban J connectivity index is 1.81. The van der Waals surface area contributed by atoms with Crippen molar-refractivity contribution in [3.63, 3.8) is 0 Å². The zero-order valence-corrected chi connectivity index (χ0v) is 17.3. The van der Waals surface area contributed by atoms with Crippen LogP contribution in [0.5, 0.6) is 0 Å². The number of amides is 1. The van der Waals surface area contributed by atoms with Crippen LogP contribution >= 0.6 is 0 Å². The number of carbonyl (C=O) groups is 1. The zero-order valence-electron chi connectivity index (χ0n) is 17.3. The van der Waals surface area contributed by atoms with Crippen molar-refractivity contribution in [1.29, 1.82) is 0 Å². The minimum atomic E-state index is -0.309. The molecule has 0 saturated carbocycles. The number of carbonyl (C=O) groups excluding carboxylic acids is 1. The van der Waals surface area contributed by atoms with E-state index >= 15 is 0 Å². The van der Waals surface area contributed by atoms with Gasteiger partial charge in [-0.05, 0) is 49.1 Å². The zero-order chi connectivity index (χ0) is 21.1. The fraction of sp³-hybridized carbons (Fsp3) is 0.292. The maximum absolute atomic E-state index is 13.9. The van der Waals surface area contributed by atoms with E-state index in [9.17, 15) is 9.18 Å². The second kappa shape index (κ2) is 8.61. The molecule has 4 rings (SSSR count). The predicted molar refractivity (Wildman–Crippen MR) is 116 cm³/mol. The number of piperidine rings is 1. The van der Waals surface area contributed by atoms with Crippen molar-refractivity contribution in [2.45, 2.75) is 25.3 Å². The highest BCUT2D eigenvalue weighted by Gasteiger charge is 2.32. The third-order valence-corrected chi connectivity index (χ3v) is 5.44. The Labute approximate surface area is 176 Å². The summed E-state index contributed by atoms with van der Waals surface area (Å²) in [5.74, 6) is 0.259. The summed E-state index contributed by atoms with van der Waals surface area (Å²) in [6, 6.07) is 15.6. The van der Waals surface area contributed by atoms with Gasteiger partial charge in [-0.15, -0.1) is 0 Å². The number of anilines is 1. The lowest BCUT2D eigenvalue weighted by Gasteiger charge is -2.36. The second-order valence-electron chi connectivity index (χ2n) is 7.75. The van der Waals surface area contributed by atoms with Crippen LogP contribution in [-0.2, 0) is 0 Å². The van der Waals surface area contributed by atoms with Gasteiger partial charge < -0.3 is 9.80 Å². The van der Waals surface area contributed by atoms with Crippen LogP contribution in [0.3, 0.4) is 0 Å². The Kier molecular flexibility index (Phi) is 5.74. The van der Waals surface area contributed by atoms with Gasteiger partial charge in [0.05, 0.1) is 11.7 Å². The molecule has 0 unspecified atom stereocenters. The normalized spacial score (nSPS) is 16.4. The minimum Gasteiger partial charge on any atom is -0.347 e. The lowest BCUT2D eigenvalue weighted by atomic mass is 9.93. The molecule has 2 aromatic carbocycles. The smallest absolute Gasteiger partial charge is 0.254 e. The fourth-order valence-electron chi connectivity index (χ4n) is 3.94. The lowest BCUT2D eigenvalue weighted by Crippen LogP contribution is -2.39. The van der Waals surface area contributed by atoms with Crippen molar-refractivity contribution in [3.05, 3.63) is 77.9 Å². The van der Waals surface area contributed by atoms with Crippen LogP contribution in [0.4, 0.5) is 10.3 Å². The average molecular weight is 404 g/mol. The van der Waals surface area contributed by atoms with Gasteiger partial charge in [-0.25, -0.2) is 14.4 Å². The van der Waals surface area contributed by atoms with Crippen LogP contribution in [0.15, 0.2) is 60.8 Å². The highest BCUT2D eigenvalue weighted by molar-refractivity contribution is 5.94. The highest BCUT2D eigenvalue weighted by atomic mass is 19.1. The Morgan fingerprint density at radius 2 is 1.90 bits per heavy atom. The first-order valence-corrected chi connectivity index (χ1v) is 10.2. The molecule has 0 aliphatic carbocycles. The number of halogens is 1. The van der Waals surface area contributed by atoms with Crippen molar-refractivity contribution in [2.24, 2.45) is 0 Å². The third-order valence-electron chi connectivity index (χ3n) is 5.44. The van der Waals surface area contributed by atoms with Crippen LogP contribution in [0.25, 0.3) is 11.1 Å². The Bertz CT molecular complexity index is 1040. The first-order valence-electron chi connectivity index (χ1n) is 10.2. The van der Waals surface area contributed by atoms with E-state index in [1.807, 2.05) is 60.3 Å². The van der Waals surface area contributed by atoms with Crippen LogP contribution in [0, 0.1) is 5.82 Å². The third kappa shape index (κ3) is 4.03. The van der Waals surface area contributed by atoms with E-state index in [2.05, 4.69) is 4.98 Å². The van der Waals surface area contributed by atoms with Crippen LogP contribution in [-0.4, -0.2) is 41.4 Å². The molecule has 1 amide bonds. The van der Waals surface area contributed by atoms with Gasteiger partial charge in [0, 0.05) is 38.0 Å². The molecule has 5 nitrogen and oxygen atoms in total. The highest BCUT2D eigenvalue weighted by Crippen LogP contribution is 2.37. The monoisotopic (exact) mass is 404 g/mol. The van der Waals surface area contributed by atoms with Gasteiger partial charge >= 0.3 is 0 Å². The maximum atomic E-state index is 13.9. The molecule has 0 N–H and O–H groups in total. The SMILES string of the molecule is CN(C)c1ncc(-c2cccc(F)c2)c([C@H]2CCCCN2C(=O)c2ccccc2)n1. The number of nitrogens with zero attached hydrogens (tertiary/aromatic N) is 4. The first kappa shape index (κ1) is 20.0. The topological polar surface area (TPSA) is 49.3 Å². The minimum absolute atomic E-state index is 0.00416. The predicted octanol–water partition coefficient (Wildman–Crippen LogP) is 4.72. The van der Waals surface area contributed by atoms with E-state index < -0.39 is 0 Å². The Morgan fingerprint density at radius 1 is 1.10 bits per heavy atom. The summed E-state index contributed by atoms with van der Waals surface area (Å²) in [6.07, 6.45) is 4.51. The summed E-state index contributed by atoms with van der Waals surface area (Å²) in [5.41, 5.74) is 2.91. The molecule has 2 heterocycles. The molecule has 1 saturated heterocycles. The number of hydrogen-bond donors (Lipinski definition) is 0. The molecular formula is C24H25FN4O. The first-order chi connectivity index (χ1) is 14.5. The summed E-state index contributed by atoms with van der Waals surface area (Å²) < 4.78 is 13.9. The van der Waals surface area contributed by atoms with E-state index in [4.69, 9.17) is 4.98 Å². The summed E-state index contributed by atoms with van der Waals surface area (Å²) in [7, 11) is 3.77. The van der Waals surface area contributed by atoms with E-state index in [1.165, 1.54) is 12.1 Å². The van der Waals surface area contributed by atoms with Crippen molar-refractivity contribution in [2.75, 3.05) is 25.5 Å². The average Bonchev–Trinajstić information content (AvgIpc) is 2.78. The summed E-state index contributed by atoms with van der Waals surface area (Å²) >= 11 is 0. The van der Waals surface area contributed by atoms with Gasteiger partial charge in [-0.1, -0.05) is 30.3 Å². The molecule has 6 heteroatoms. The van der Waals surface area contributed by atoms with Crippen LogP contribution in [0.2, 0.25) is 0 Å². The van der Waals surface area contributed by atoms with E-state index in [0.29, 0.717) is 23.6 Å². The van der Waals surface area contributed by atoms with Gasteiger partial charge in [0.2, 0.25) is 5.95 Å². The molecule has 0 spiro atoms. The molecule has 1 aliphatic heterocycles. The van der Waals surface area contributed by atoms with Crippen LogP contribution < -0.4 is 4.90 Å². The van der Waals surface area contributed by atoms with Crippen LogP contribution in [0.1, 0.15) is 41.4 Å². The quantitative estimate of drug-likeness (QED) is 0.632. The van der Waals surface area contributed by atoms with Gasteiger partial charge in [0.15, 0.2) is 0 Å². The molecule has 1 fully saturated rings. The molecular weight excluding hydrogens is 379 g/mol. The van der Waals surface area contributed by atoms with E-state index in [1.54, 1.807) is 12.3 Å². The fourth-order valence-corrected chi connectivity index (χ4v) is 3.94.